The van der Waals surface area contributed by atoms with Crippen molar-refractivity contribution < 1.29 is 74.5 Å². The van der Waals surface area contributed by atoms with Crippen LogP contribution in [0.25, 0.3) is 22.6 Å². The molecule has 44 heavy (non-hydrogen) atoms. The molecule has 5 rings (SSSR count). The maximum absolute atomic E-state index is 12.0. The predicted molar refractivity (Wildman–Crippen MR) is 144 cm³/mol. The maximum atomic E-state index is 12.0. The first-order valence-electron chi connectivity index (χ1n) is 12.6. The topological polar surface area (TPSA) is 282 Å². The Kier molecular flexibility index (Phi) is 7.75. The van der Waals surface area contributed by atoms with Gasteiger partial charge in [-0.2, -0.15) is 0 Å². The first-order valence-corrected chi connectivity index (χ1v) is 12.6. The first kappa shape index (κ1) is 30.1. The van der Waals surface area contributed by atoms with Crippen LogP contribution in [0.5, 0.6) is 46.0 Å². The van der Waals surface area contributed by atoms with E-state index in [2.05, 4.69) is 0 Å². The fourth-order valence-electron chi connectivity index (χ4n) is 4.52. The Balaban J connectivity index is 1.61. The number of benzene rings is 3. The highest BCUT2D eigenvalue weighted by Gasteiger charge is 2.52. The number of aliphatic hydroxyl groups excluding tert-OH is 3. The summed E-state index contributed by atoms with van der Waals surface area (Å²) in [5, 5.41) is 101. The summed E-state index contributed by atoms with van der Waals surface area (Å²) in [7, 11) is 0. The monoisotopic (exact) mass is 617 g/mol. The SMILES string of the molecule is O=c1cc2oc(-c3cc(O)c(O)c(O)c3)c(OC3OC(CO)C(O)C(O)C3OC(=[OH+])c3cc(O)c(O)c(O)c3)cc-2c(O)c1. The van der Waals surface area contributed by atoms with Gasteiger partial charge >= 0.3 is 5.97 Å². The van der Waals surface area contributed by atoms with Crippen molar-refractivity contribution in [3.8, 4) is 68.6 Å². The van der Waals surface area contributed by atoms with E-state index in [9.17, 15) is 60.7 Å². The second-order valence-electron chi connectivity index (χ2n) is 9.73. The van der Waals surface area contributed by atoms with Gasteiger partial charge in [0, 0.05) is 29.8 Å². The molecule has 1 aliphatic carbocycles. The molecule has 5 unspecified atom stereocenters. The van der Waals surface area contributed by atoms with Crippen molar-refractivity contribution in [2.45, 2.75) is 30.7 Å². The normalized spacial score (nSPS) is 21.7. The van der Waals surface area contributed by atoms with Crippen LogP contribution in [0.4, 0.5) is 0 Å². The number of esters is 1. The highest BCUT2D eigenvalue weighted by atomic mass is 16.7. The third-order valence-electron chi connectivity index (χ3n) is 6.77. The van der Waals surface area contributed by atoms with Crippen LogP contribution >= 0.6 is 0 Å². The van der Waals surface area contributed by atoms with Crippen molar-refractivity contribution >= 4 is 5.97 Å². The summed E-state index contributed by atoms with van der Waals surface area (Å²) in [4.78, 5) is 22.6. The number of hydrogen-bond donors (Lipinski definition) is 10. The number of rotatable bonds is 6. The molecule has 0 amide bonds. The Morgan fingerprint density at radius 2 is 1.39 bits per heavy atom. The van der Waals surface area contributed by atoms with E-state index in [0.717, 1.165) is 42.5 Å². The fourth-order valence-corrected chi connectivity index (χ4v) is 4.52. The molecule has 1 saturated heterocycles. The van der Waals surface area contributed by atoms with E-state index in [1.165, 1.54) is 0 Å². The Morgan fingerprint density at radius 1 is 0.795 bits per heavy atom. The Morgan fingerprint density at radius 3 is 1.98 bits per heavy atom. The lowest BCUT2D eigenvalue weighted by atomic mass is 9.98. The fraction of sp³-hybridized carbons (Fsp3) is 0.214. The second-order valence-corrected chi connectivity index (χ2v) is 9.73. The lowest BCUT2D eigenvalue weighted by Crippen LogP contribution is -2.61. The molecule has 16 nitrogen and oxygen atoms in total. The van der Waals surface area contributed by atoms with Crippen molar-refractivity contribution in [3.63, 3.8) is 0 Å². The van der Waals surface area contributed by atoms with Crippen LogP contribution in [-0.4, -0.2) is 99.1 Å². The van der Waals surface area contributed by atoms with Gasteiger partial charge in [-0.1, -0.05) is 0 Å². The third-order valence-corrected chi connectivity index (χ3v) is 6.77. The molecule has 0 radical (unpaired) electrons. The number of hydrogen-bond acceptors (Lipinski definition) is 15. The van der Waals surface area contributed by atoms with Crippen LogP contribution in [0, 0.1) is 0 Å². The number of carbonyl (C=O) groups excluding carboxylic acids is 1. The lowest BCUT2D eigenvalue weighted by Gasteiger charge is -2.38. The van der Waals surface area contributed by atoms with Crippen LogP contribution in [0.2, 0.25) is 0 Å². The summed E-state index contributed by atoms with van der Waals surface area (Å²) in [6, 6.07) is 6.57. The summed E-state index contributed by atoms with van der Waals surface area (Å²) in [6.45, 7) is -0.831. The Labute approximate surface area is 245 Å². The van der Waals surface area contributed by atoms with Crippen LogP contribution in [-0.2, 0) is 9.47 Å². The molecule has 1 fully saturated rings. The molecule has 2 aromatic rings. The number of aliphatic hydroxyl groups is 3. The van der Waals surface area contributed by atoms with E-state index >= 15 is 0 Å². The number of phenols is 7. The summed E-state index contributed by atoms with van der Waals surface area (Å²) in [5.74, 6) is -7.47. The van der Waals surface area contributed by atoms with Gasteiger partial charge in [0.1, 0.15) is 29.3 Å². The molecule has 232 valence electrons. The van der Waals surface area contributed by atoms with E-state index in [0.29, 0.717) is 0 Å². The van der Waals surface area contributed by atoms with Crippen molar-refractivity contribution in [1.29, 1.82) is 0 Å². The van der Waals surface area contributed by atoms with Gasteiger partial charge in [-0.25, -0.2) is 0 Å². The highest BCUT2D eigenvalue weighted by Crippen LogP contribution is 2.45. The van der Waals surface area contributed by atoms with Crippen LogP contribution < -0.4 is 10.2 Å². The van der Waals surface area contributed by atoms with Crippen LogP contribution in [0.15, 0.2) is 51.7 Å². The number of ether oxygens (including phenoxy) is 3. The van der Waals surface area contributed by atoms with Gasteiger partial charge < -0.3 is 74.5 Å². The van der Waals surface area contributed by atoms with Gasteiger partial charge in [0.2, 0.25) is 0 Å². The van der Waals surface area contributed by atoms with Gasteiger partial charge in [-0.05, 0) is 18.2 Å². The molecule has 16 heteroatoms. The minimum Gasteiger partial charge on any atom is -0.507 e. The smallest absolute Gasteiger partial charge is 0.507 e. The molecule has 2 aromatic carbocycles. The van der Waals surface area contributed by atoms with E-state index in [4.69, 9.17) is 18.6 Å². The quantitative estimate of drug-likeness (QED) is 0.0780. The van der Waals surface area contributed by atoms with Crippen molar-refractivity contribution in [2.24, 2.45) is 0 Å². The van der Waals surface area contributed by atoms with Crippen molar-refractivity contribution in [2.75, 3.05) is 6.61 Å². The third kappa shape index (κ3) is 5.40. The van der Waals surface area contributed by atoms with E-state index in [1.807, 2.05) is 0 Å². The van der Waals surface area contributed by atoms with E-state index in [-0.39, 0.29) is 28.4 Å². The Bertz CT molecular complexity index is 1720. The van der Waals surface area contributed by atoms with Gasteiger partial charge in [0.25, 0.3) is 12.4 Å². The average Bonchev–Trinajstić information content (AvgIpc) is 2.97. The molecule has 0 saturated carbocycles. The molecule has 2 aliphatic heterocycles. The molecule has 2 heterocycles. The van der Waals surface area contributed by atoms with Gasteiger partial charge in [0.15, 0.2) is 57.5 Å². The molecule has 5 atom stereocenters. The lowest BCUT2D eigenvalue weighted by molar-refractivity contribution is -0.274. The van der Waals surface area contributed by atoms with E-state index in [1.54, 1.807) is 0 Å². The van der Waals surface area contributed by atoms with Crippen molar-refractivity contribution in [1.82, 2.24) is 0 Å². The molecule has 0 bridgehead atoms. The van der Waals surface area contributed by atoms with Gasteiger partial charge in [0.05, 0.1) is 12.2 Å². The average molecular weight is 617 g/mol. The number of aromatic hydroxyl groups is 7. The first-order chi connectivity index (χ1) is 20.8. The zero-order valence-electron chi connectivity index (χ0n) is 22.1. The van der Waals surface area contributed by atoms with Crippen molar-refractivity contribution in [3.05, 3.63) is 58.3 Å². The zero-order valence-corrected chi connectivity index (χ0v) is 22.1. The summed E-state index contributed by atoms with van der Waals surface area (Å²) in [6.07, 6.45) is -8.89. The van der Waals surface area contributed by atoms with Crippen LogP contribution in [0.3, 0.4) is 0 Å². The van der Waals surface area contributed by atoms with Crippen LogP contribution in [0.1, 0.15) is 5.56 Å². The van der Waals surface area contributed by atoms with Gasteiger partial charge in [-0.3, -0.25) is 4.79 Å². The van der Waals surface area contributed by atoms with Gasteiger partial charge in [-0.15, -0.1) is 0 Å². The second kappa shape index (κ2) is 11.3. The molecule has 0 aromatic heterocycles. The number of phenolic OH excluding ortho intramolecular Hbond substituents is 7. The maximum Gasteiger partial charge on any atom is 0.518 e. The number of fused-ring (bicyclic) bond motifs is 1. The van der Waals surface area contributed by atoms with E-state index < -0.39 is 94.5 Å². The predicted octanol–water partition coefficient (Wildman–Crippen LogP) is 0.104. The molecule has 3 aliphatic rings. The standard InChI is InChI=1S/C28H24O16/c29-8-20-23(38)24(39)26(44-27(40)10-3-16(34)22(37)17(35)4-10)28(43-20)42-19-7-12-13(31)5-11(30)6-18(12)41-25(19)9-1-14(32)21(36)15(33)2-9/h1-7,20,23-24,26,28-29,31-39H,8H2/p+1. The summed E-state index contributed by atoms with van der Waals surface area (Å²) in [5.41, 5.74) is -1.24. The molecule has 0 spiro atoms. The molecule has 11 N–H and O–H groups in total. The molecular weight excluding hydrogens is 592 g/mol. The summed E-state index contributed by atoms with van der Waals surface area (Å²) < 4.78 is 22.7. The summed E-state index contributed by atoms with van der Waals surface area (Å²) >= 11 is 0. The minimum absolute atomic E-state index is 0.0763. The highest BCUT2D eigenvalue weighted by molar-refractivity contribution is 5.92. The minimum atomic E-state index is -1.94. The zero-order chi connectivity index (χ0) is 32.0. The Hall–Kier alpha value is -5.42. The largest absolute Gasteiger partial charge is 0.518 e. The molecular formula is C28H25O16+.